The number of nitrogens with one attached hydrogen (secondary N) is 2. The van der Waals surface area contributed by atoms with Gasteiger partial charge in [-0.1, -0.05) is 0 Å². The Morgan fingerprint density at radius 3 is 2.85 bits per heavy atom. The average molecular weight is 361 g/mol. The maximum Gasteiger partial charge on any atom is 0.246 e. The van der Waals surface area contributed by atoms with Gasteiger partial charge in [-0.2, -0.15) is 9.40 Å². The van der Waals surface area contributed by atoms with Gasteiger partial charge in [-0.05, 0) is 22.0 Å². The third-order valence-electron chi connectivity index (χ3n) is 2.60. The van der Waals surface area contributed by atoms with Gasteiger partial charge in [0.25, 0.3) is 0 Å². The predicted octanol–water partition coefficient (Wildman–Crippen LogP) is 0.673. The number of halogens is 1. The standard InChI is InChI=1S/C10H13BrN6O2S/c1-17(6-7-3-14-15-4-7)20(18,19)9-2-8(11)5-13-10(9)16-12/h2-5H,6,12H2,1H3,(H,13,16)(H,14,15). The van der Waals surface area contributed by atoms with E-state index < -0.39 is 10.0 Å². The number of rotatable bonds is 5. The van der Waals surface area contributed by atoms with Gasteiger partial charge in [-0.25, -0.2) is 19.2 Å². The molecule has 0 saturated heterocycles. The number of nitrogens with two attached hydrogens (primary N) is 1. The molecule has 0 aliphatic heterocycles. The molecule has 10 heteroatoms. The van der Waals surface area contributed by atoms with E-state index in [4.69, 9.17) is 5.84 Å². The van der Waals surface area contributed by atoms with E-state index >= 15 is 0 Å². The van der Waals surface area contributed by atoms with Crippen molar-refractivity contribution >= 4 is 31.8 Å². The first-order chi connectivity index (χ1) is 9.45. The van der Waals surface area contributed by atoms with E-state index in [2.05, 4.69) is 36.5 Å². The molecule has 2 heterocycles. The zero-order valence-electron chi connectivity index (χ0n) is 10.5. The highest BCUT2D eigenvalue weighted by molar-refractivity contribution is 9.10. The molecule has 0 aliphatic rings. The molecule has 20 heavy (non-hydrogen) atoms. The summed E-state index contributed by atoms with van der Waals surface area (Å²) in [5.41, 5.74) is 3.04. The topological polar surface area (TPSA) is 117 Å². The van der Waals surface area contributed by atoms with Crippen molar-refractivity contribution in [3.63, 3.8) is 0 Å². The fourth-order valence-electron chi connectivity index (χ4n) is 1.60. The Kier molecular flexibility index (Phi) is 4.38. The minimum Gasteiger partial charge on any atom is -0.307 e. The van der Waals surface area contributed by atoms with E-state index in [9.17, 15) is 8.42 Å². The molecule has 0 bridgehead atoms. The first-order valence-electron chi connectivity index (χ1n) is 5.51. The molecule has 0 aromatic carbocycles. The van der Waals surface area contributed by atoms with Crippen LogP contribution < -0.4 is 11.3 Å². The molecule has 2 aromatic heterocycles. The number of aromatic amines is 1. The van der Waals surface area contributed by atoms with Gasteiger partial charge in [0.1, 0.15) is 4.90 Å². The van der Waals surface area contributed by atoms with Gasteiger partial charge in [0.05, 0.1) is 6.20 Å². The lowest BCUT2D eigenvalue weighted by atomic mass is 10.4. The quantitative estimate of drug-likeness (QED) is 0.532. The van der Waals surface area contributed by atoms with Crippen LogP contribution in [0.1, 0.15) is 5.56 Å². The lowest BCUT2D eigenvalue weighted by Gasteiger charge is -2.18. The zero-order chi connectivity index (χ0) is 14.8. The van der Waals surface area contributed by atoms with E-state index in [1.165, 1.54) is 23.6 Å². The predicted molar refractivity (Wildman–Crippen MR) is 77.0 cm³/mol. The fraction of sp³-hybridized carbons (Fsp3) is 0.200. The van der Waals surface area contributed by atoms with Crippen molar-refractivity contribution in [1.82, 2.24) is 19.5 Å². The lowest BCUT2D eigenvalue weighted by Crippen LogP contribution is -2.28. The van der Waals surface area contributed by atoms with Gasteiger partial charge in [0.2, 0.25) is 10.0 Å². The Hall–Kier alpha value is -1.49. The second kappa shape index (κ2) is 5.87. The molecular formula is C10H13BrN6O2S. The molecule has 108 valence electrons. The van der Waals surface area contributed by atoms with Crippen LogP contribution in [0.3, 0.4) is 0 Å². The number of aromatic nitrogens is 3. The van der Waals surface area contributed by atoms with Crippen molar-refractivity contribution in [2.24, 2.45) is 5.84 Å². The summed E-state index contributed by atoms with van der Waals surface area (Å²) >= 11 is 3.20. The van der Waals surface area contributed by atoms with Crippen LogP contribution in [0.15, 0.2) is 34.0 Å². The van der Waals surface area contributed by atoms with Crippen LogP contribution in [0.4, 0.5) is 5.82 Å². The van der Waals surface area contributed by atoms with Gasteiger partial charge in [0.15, 0.2) is 5.82 Å². The van der Waals surface area contributed by atoms with Gasteiger partial charge in [-0.3, -0.25) is 5.10 Å². The Morgan fingerprint density at radius 1 is 1.50 bits per heavy atom. The number of sulfonamides is 1. The average Bonchev–Trinajstić information content (AvgIpc) is 2.91. The Balaban J connectivity index is 2.36. The van der Waals surface area contributed by atoms with Crippen molar-refractivity contribution in [2.75, 3.05) is 12.5 Å². The summed E-state index contributed by atoms with van der Waals surface area (Å²) in [6, 6.07) is 1.45. The number of hydrazine groups is 1. The molecular weight excluding hydrogens is 348 g/mol. The molecule has 0 aliphatic carbocycles. The molecule has 0 unspecified atom stereocenters. The van der Waals surface area contributed by atoms with Crippen molar-refractivity contribution in [3.8, 4) is 0 Å². The summed E-state index contributed by atoms with van der Waals surface area (Å²) in [5.74, 6) is 5.40. The van der Waals surface area contributed by atoms with Crippen LogP contribution in [0.25, 0.3) is 0 Å². The molecule has 0 radical (unpaired) electrons. The highest BCUT2D eigenvalue weighted by atomic mass is 79.9. The van der Waals surface area contributed by atoms with E-state index in [-0.39, 0.29) is 17.3 Å². The third-order valence-corrected chi connectivity index (χ3v) is 4.85. The molecule has 2 aromatic rings. The molecule has 0 atom stereocenters. The van der Waals surface area contributed by atoms with Crippen LogP contribution in [-0.4, -0.2) is 35.0 Å². The summed E-state index contributed by atoms with van der Waals surface area (Å²) in [7, 11) is -2.25. The van der Waals surface area contributed by atoms with Crippen molar-refractivity contribution in [2.45, 2.75) is 11.4 Å². The summed E-state index contributed by atoms with van der Waals surface area (Å²) in [6.45, 7) is 0.190. The maximum atomic E-state index is 12.5. The van der Waals surface area contributed by atoms with E-state index in [1.54, 1.807) is 12.4 Å². The van der Waals surface area contributed by atoms with Crippen molar-refractivity contribution in [1.29, 1.82) is 0 Å². The molecule has 0 amide bonds. The van der Waals surface area contributed by atoms with Crippen LogP contribution in [0.5, 0.6) is 0 Å². The van der Waals surface area contributed by atoms with Crippen molar-refractivity contribution < 1.29 is 8.42 Å². The molecule has 0 spiro atoms. The third kappa shape index (κ3) is 2.98. The van der Waals surface area contributed by atoms with E-state index in [1.807, 2.05) is 0 Å². The van der Waals surface area contributed by atoms with Crippen LogP contribution in [0.2, 0.25) is 0 Å². The highest BCUT2D eigenvalue weighted by Gasteiger charge is 2.25. The number of nitrogen functional groups attached to an aromatic ring is 1. The van der Waals surface area contributed by atoms with Gasteiger partial charge >= 0.3 is 0 Å². The second-order valence-electron chi connectivity index (χ2n) is 4.01. The lowest BCUT2D eigenvalue weighted by molar-refractivity contribution is 0.467. The van der Waals surface area contributed by atoms with Crippen LogP contribution >= 0.6 is 15.9 Å². The van der Waals surface area contributed by atoms with Crippen LogP contribution in [0, 0.1) is 0 Å². The minimum absolute atomic E-state index is 0.000342. The van der Waals surface area contributed by atoms with Gasteiger partial charge < -0.3 is 5.43 Å². The van der Waals surface area contributed by atoms with E-state index in [0.29, 0.717) is 4.47 Å². The number of pyridine rings is 1. The number of H-pyrrole nitrogens is 1. The summed E-state index contributed by atoms with van der Waals surface area (Å²) in [4.78, 5) is 3.94. The first-order valence-corrected chi connectivity index (χ1v) is 7.74. The molecule has 4 N–H and O–H groups in total. The largest absolute Gasteiger partial charge is 0.307 e. The first kappa shape index (κ1) is 14.9. The highest BCUT2D eigenvalue weighted by Crippen LogP contribution is 2.25. The normalized spacial score (nSPS) is 11.8. The molecule has 0 saturated carbocycles. The molecule has 0 fully saturated rings. The number of hydrogen-bond donors (Lipinski definition) is 3. The minimum atomic E-state index is -3.72. The molecule has 8 nitrogen and oxygen atoms in total. The molecule has 2 rings (SSSR count). The Labute approximate surface area is 124 Å². The maximum absolute atomic E-state index is 12.5. The van der Waals surface area contributed by atoms with Crippen molar-refractivity contribution in [3.05, 3.63) is 34.7 Å². The van der Waals surface area contributed by atoms with Gasteiger partial charge in [-0.15, -0.1) is 0 Å². The van der Waals surface area contributed by atoms with Crippen LogP contribution in [-0.2, 0) is 16.6 Å². The Morgan fingerprint density at radius 2 is 2.25 bits per heavy atom. The zero-order valence-corrected chi connectivity index (χ0v) is 12.9. The summed E-state index contributed by atoms with van der Waals surface area (Å²) in [6.07, 6.45) is 4.66. The summed E-state index contributed by atoms with van der Waals surface area (Å²) in [5, 5.41) is 6.41. The number of nitrogens with zero attached hydrogens (tertiary/aromatic N) is 3. The monoisotopic (exact) mass is 360 g/mol. The smallest absolute Gasteiger partial charge is 0.246 e. The number of hydrogen-bond acceptors (Lipinski definition) is 6. The fourth-order valence-corrected chi connectivity index (χ4v) is 3.37. The Bertz CT molecular complexity index is 688. The number of anilines is 1. The van der Waals surface area contributed by atoms with Gasteiger partial charge in [0, 0.05) is 36.0 Å². The second-order valence-corrected chi connectivity index (χ2v) is 6.94. The van der Waals surface area contributed by atoms with E-state index in [0.717, 1.165) is 5.56 Å². The summed E-state index contributed by atoms with van der Waals surface area (Å²) < 4.78 is 26.8. The SMILES string of the molecule is CN(Cc1cn[nH]c1)S(=O)(=O)c1cc(Br)cnc1NN.